The van der Waals surface area contributed by atoms with E-state index in [4.69, 9.17) is 26.5 Å². The van der Waals surface area contributed by atoms with E-state index in [-0.39, 0.29) is 12.1 Å². The van der Waals surface area contributed by atoms with Crippen LogP contribution < -0.4 is 5.73 Å². The van der Waals surface area contributed by atoms with Crippen molar-refractivity contribution in [1.29, 1.82) is 0 Å². The molecule has 0 fully saturated rings. The Balaban J connectivity index is 2.49. The summed E-state index contributed by atoms with van der Waals surface area (Å²) in [5, 5.41) is 0.347. The molecule has 1 rings (SSSR count). The Morgan fingerprint density at radius 2 is 2.31 bits per heavy atom. The Morgan fingerprint density at radius 3 is 2.77 bits per heavy atom. The fraction of sp³-hybridized carbons (Fsp3) is 0.556. The molecule has 1 aromatic rings. The van der Waals surface area contributed by atoms with Crippen LogP contribution in [0.2, 0.25) is 5.22 Å². The summed E-state index contributed by atoms with van der Waals surface area (Å²) >= 11 is 5.75. The number of rotatable bonds is 4. The molecule has 0 saturated heterocycles. The third-order valence-corrected chi connectivity index (χ3v) is 1.96. The van der Waals surface area contributed by atoms with Crippen molar-refractivity contribution in [3.63, 3.8) is 0 Å². The standard InChI is InChI=1S/C9H14ClNO2/c1-6(2)13-5-8(11)7-3-4-12-9(7)10/h3-4,6,8H,5,11H2,1-2H3. The molecule has 0 spiro atoms. The molecule has 0 saturated carbocycles. The molecule has 0 radical (unpaired) electrons. The molecule has 3 nitrogen and oxygen atoms in total. The Morgan fingerprint density at radius 1 is 1.62 bits per heavy atom. The van der Waals surface area contributed by atoms with Crippen LogP contribution in [0.3, 0.4) is 0 Å². The van der Waals surface area contributed by atoms with Gasteiger partial charge in [-0.05, 0) is 31.5 Å². The highest BCUT2D eigenvalue weighted by molar-refractivity contribution is 6.29. The maximum atomic E-state index is 5.82. The van der Waals surface area contributed by atoms with Gasteiger partial charge in [-0.3, -0.25) is 0 Å². The minimum Gasteiger partial charge on any atom is -0.453 e. The molecule has 0 aliphatic heterocycles. The van der Waals surface area contributed by atoms with Crippen molar-refractivity contribution in [2.75, 3.05) is 6.61 Å². The molecule has 13 heavy (non-hydrogen) atoms. The van der Waals surface area contributed by atoms with Crippen LogP contribution in [0.1, 0.15) is 25.5 Å². The fourth-order valence-corrected chi connectivity index (χ4v) is 1.21. The highest BCUT2D eigenvalue weighted by Gasteiger charge is 2.13. The van der Waals surface area contributed by atoms with E-state index in [1.54, 1.807) is 6.07 Å². The Kier molecular flexibility index (Phi) is 3.78. The number of furan rings is 1. The van der Waals surface area contributed by atoms with Gasteiger partial charge in [0.1, 0.15) is 0 Å². The Bertz CT molecular complexity index is 260. The van der Waals surface area contributed by atoms with Gasteiger partial charge in [0.15, 0.2) is 5.22 Å². The van der Waals surface area contributed by atoms with Gasteiger partial charge in [-0.1, -0.05) is 0 Å². The summed E-state index contributed by atoms with van der Waals surface area (Å²) in [4.78, 5) is 0. The van der Waals surface area contributed by atoms with Gasteiger partial charge in [0.05, 0.1) is 25.0 Å². The van der Waals surface area contributed by atoms with Crippen molar-refractivity contribution in [2.24, 2.45) is 5.73 Å². The lowest BCUT2D eigenvalue weighted by Crippen LogP contribution is -2.19. The molecule has 0 bridgehead atoms. The summed E-state index contributed by atoms with van der Waals surface area (Å²) in [7, 11) is 0. The van der Waals surface area contributed by atoms with E-state index in [0.717, 1.165) is 5.56 Å². The van der Waals surface area contributed by atoms with Gasteiger partial charge < -0.3 is 14.9 Å². The minimum atomic E-state index is -0.214. The number of nitrogens with two attached hydrogens (primary N) is 1. The molecule has 1 heterocycles. The van der Waals surface area contributed by atoms with E-state index in [9.17, 15) is 0 Å². The third kappa shape index (κ3) is 3.03. The summed E-state index contributed by atoms with van der Waals surface area (Å²) in [6.45, 7) is 4.38. The lowest BCUT2D eigenvalue weighted by atomic mass is 10.2. The number of hydrogen-bond donors (Lipinski definition) is 1. The molecular formula is C9H14ClNO2. The van der Waals surface area contributed by atoms with Crippen LogP contribution in [0.25, 0.3) is 0 Å². The molecule has 0 aliphatic carbocycles. The average Bonchev–Trinajstić information content (AvgIpc) is 2.47. The van der Waals surface area contributed by atoms with Crippen LogP contribution in [0.4, 0.5) is 0 Å². The van der Waals surface area contributed by atoms with Crippen molar-refractivity contribution in [3.8, 4) is 0 Å². The lowest BCUT2D eigenvalue weighted by molar-refractivity contribution is 0.0682. The monoisotopic (exact) mass is 203 g/mol. The molecule has 0 aromatic carbocycles. The van der Waals surface area contributed by atoms with Crippen LogP contribution in [0.15, 0.2) is 16.7 Å². The maximum Gasteiger partial charge on any atom is 0.197 e. The summed E-state index contributed by atoms with van der Waals surface area (Å²) in [6.07, 6.45) is 1.70. The second-order valence-electron chi connectivity index (χ2n) is 3.14. The largest absolute Gasteiger partial charge is 0.453 e. The third-order valence-electron chi connectivity index (χ3n) is 1.65. The van der Waals surface area contributed by atoms with E-state index >= 15 is 0 Å². The van der Waals surface area contributed by atoms with E-state index in [0.29, 0.717) is 11.8 Å². The second-order valence-corrected chi connectivity index (χ2v) is 3.48. The summed E-state index contributed by atoms with van der Waals surface area (Å²) in [6, 6.07) is 1.55. The highest BCUT2D eigenvalue weighted by Crippen LogP contribution is 2.22. The summed E-state index contributed by atoms with van der Waals surface area (Å²) < 4.78 is 10.3. The average molecular weight is 204 g/mol. The molecule has 1 aromatic heterocycles. The van der Waals surface area contributed by atoms with E-state index < -0.39 is 0 Å². The fourth-order valence-electron chi connectivity index (χ4n) is 0.956. The predicted octanol–water partition coefficient (Wildman–Crippen LogP) is 2.36. The van der Waals surface area contributed by atoms with Crippen LogP contribution in [-0.2, 0) is 4.74 Å². The first-order valence-corrected chi connectivity index (χ1v) is 4.59. The van der Waals surface area contributed by atoms with Crippen molar-refractivity contribution < 1.29 is 9.15 Å². The summed E-state index contributed by atoms with van der Waals surface area (Å²) in [5.74, 6) is 0. The topological polar surface area (TPSA) is 48.4 Å². The zero-order valence-corrected chi connectivity index (χ0v) is 8.54. The Hall–Kier alpha value is -0.510. The zero-order valence-electron chi connectivity index (χ0n) is 7.79. The van der Waals surface area contributed by atoms with E-state index in [1.807, 2.05) is 13.8 Å². The maximum absolute atomic E-state index is 5.82. The van der Waals surface area contributed by atoms with Crippen LogP contribution in [0.5, 0.6) is 0 Å². The highest BCUT2D eigenvalue weighted by atomic mass is 35.5. The molecule has 0 aliphatic rings. The molecule has 0 amide bonds. The number of hydrogen-bond acceptors (Lipinski definition) is 3. The van der Waals surface area contributed by atoms with Crippen molar-refractivity contribution in [1.82, 2.24) is 0 Å². The smallest absolute Gasteiger partial charge is 0.197 e. The molecule has 74 valence electrons. The van der Waals surface area contributed by atoms with Gasteiger partial charge in [-0.2, -0.15) is 0 Å². The molecule has 1 unspecified atom stereocenters. The molecule has 2 N–H and O–H groups in total. The normalized spacial score (nSPS) is 13.6. The first kappa shape index (κ1) is 10.6. The number of ether oxygens (including phenoxy) is 1. The SMILES string of the molecule is CC(C)OCC(N)c1ccoc1Cl. The van der Waals surface area contributed by atoms with Crippen LogP contribution >= 0.6 is 11.6 Å². The van der Waals surface area contributed by atoms with Crippen LogP contribution in [-0.4, -0.2) is 12.7 Å². The molecule has 4 heteroatoms. The zero-order chi connectivity index (χ0) is 9.84. The molecular weight excluding hydrogens is 190 g/mol. The summed E-state index contributed by atoms with van der Waals surface area (Å²) in [5.41, 5.74) is 6.61. The van der Waals surface area contributed by atoms with Crippen LogP contribution in [0, 0.1) is 0 Å². The first-order valence-electron chi connectivity index (χ1n) is 4.21. The molecule has 1 atom stereocenters. The van der Waals surface area contributed by atoms with Gasteiger partial charge in [-0.15, -0.1) is 0 Å². The predicted molar refractivity (Wildman–Crippen MR) is 51.7 cm³/mol. The van der Waals surface area contributed by atoms with Crippen molar-refractivity contribution in [3.05, 3.63) is 23.1 Å². The van der Waals surface area contributed by atoms with E-state index in [2.05, 4.69) is 0 Å². The lowest BCUT2D eigenvalue weighted by Gasteiger charge is -2.12. The Labute approximate surface area is 82.8 Å². The first-order chi connectivity index (χ1) is 6.11. The van der Waals surface area contributed by atoms with Gasteiger partial charge in [-0.25, -0.2) is 0 Å². The second kappa shape index (κ2) is 4.65. The van der Waals surface area contributed by atoms with Gasteiger partial charge in [0, 0.05) is 5.56 Å². The van der Waals surface area contributed by atoms with Gasteiger partial charge in [0.25, 0.3) is 0 Å². The number of halogens is 1. The van der Waals surface area contributed by atoms with Crippen molar-refractivity contribution >= 4 is 11.6 Å². The quantitative estimate of drug-likeness (QED) is 0.817. The van der Waals surface area contributed by atoms with Crippen molar-refractivity contribution in [2.45, 2.75) is 26.0 Å². The van der Waals surface area contributed by atoms with Gasteiger partial charge in [0.2, 0.25) is 0 Å². The minimum absolute atomic E-state index is 0.178. The van der Waals surface area contributed by atoms with Gasteiger partial charge >= 0.3 is 0 Å². The van der Waals surface area contributed by atoms with E-state index in [1.165, 1.54) is 6.26 Å².